The van der Waals surface area contributed by atoms with Gasteiger partial charge in [-0.15, -0.1) is 11.3 Å². The first-order chi connectivity index (χ1) is 12.7. The highest BCUT2D eigenvalue weighted by atomic mass is 32.1. The molecule has 2 heterocycles. The Hall–Kier alpha value is -3.18. The van der Waals surface area contributed by atoms with Gasteiger partial charge in [-0.05, 0) is 53.2 Å². The molecule has 0 spiro atoms. The van der Waals surface area contributed by atoms with Crippen LogP contribution >= 0.6 is 11.3 Å². The van der Waals surface area contributed by atoms with Gasteiger partial charge in [0.2, 0.25) is 0 Å². The van der Waals surface area contributed by atoms with Crippen LogP contribution in [0.3, 0.4) is 0 Å². The summed E-state index contributed by atoms with van der Waals surface area (Å²) >= 11 is 1.50. The molecule has 0 amide bonds. The Morgan fingerprint density at radius 2 is 1.85 bits per heavy atom. The lowest BCUT2D eigenvalue weighted by molar-refractivity contribution is 0.564. The number of hydrogen-bond acceptors (Lipinski definition) is 5. The second kappa shape index (κ2) is 5.68. The van der Waals surface area contributed by atoms with E-state index in [1.165, 1.54) is 11.3 Å². The van der Waals surface area contributed by atoms with Gasteiger partial charge in [-0.3, -0.25) is 0 Å². The lowest BCUT2D eigenvalue weighted by Crippen LogP contribution is -2.02. The zero-order valence-electron chi connectivity index (χ0n) is 13.9. The summed E-state index contributed by atoms with van der Waals surface area (Å²) in [5, 5.41) is 6.83. The number of benzene rings is 3. The molecule has 0 aliphatic heterocycles. The summed E-state index contributed by atoms with van der Waals surface area (Å²) in [5.41, 5.74) is 2.64. The van der Waals surface area contributed by atoms with Crippen molar-refractivity contribution < 1.29 is 4.42 Å². The first kappa shape index (κ1) is 15.1. The monoisotopic (exact) mass is 358 g/mol. The number of hydrogen-bond donors (Lipinski definition) is 1. The molecule has 0 radical (unpaired) electrons. The third-order valence-electron chi connectivity index (χ3n) is 4.50. The summed E-state index contributed by atoms with van der Waals surface area (Å²) in [4.78, 5) is 17.1. The van der Waals surface area contributed by atoms with E-state index in [0.29, 0.717) is 16.2 Å². The van der Waals surface area contributed by atoms with Crippen molar-refractivity contribution in [3.05, 3.63) is 71.1 Å². The van der Waals surface area contributed by atoms with Crippen molar-refractivity contribution in [2.24, 2.45) is 0 Å². The molecule has 0 saturated carbocycles. The van der Waals surface area contributed by atoms with Gasteiger partial charge >= 0.3 is 5.63 Å². The summed E-state index contributed by atoms with van der Waals surface area (Å²) in [5.74, 6) is 0. The van der Waals surface area contributed by atoms with Crippen LogP contribution < -0.4 is 10.9 Å². The smallest absolute Gasteiger partial charge is 0.346 e. The minimum absolute atomic E-state index is 0.360. The van der Waals surface area contributed by atoms with Crippen molar-refractivity contribution in [3.63, 3.8) is 0 Å². The molecule has 3 aromatic carbocycles. The fourth-order valence-corrected chi connectivity index (χ4v) is 4.13. The molecule has 0 aliphatic carbocycles. The molecule has 0 fully saturated rings. The molecule has 0 aliphatic rings. The Morgan fingerprint density at radius 1 is 0.962 bits per heavy atom. The Bertz CT molecular complexity index is 1320. The van der Waals surface area contributed by atoms with Crippen LogP contribution in [0.1, 0.15) is 0 Å². The normalized spacial score (nSPS) is 11.4. The predicted octanol–water partition coefficient (Wildman–Crippen LogP) is 5.26. The van der Waals surface area contributed by atoms with E-state index in [1.807, 2.05) is 61.6 Å². The third kappa shape index (κ3) is 2.36. The molecule has 5 aromatic rings. The van der Waals surface area contributed by atoms with Gasteiger partial charge in [0.1, 0.15) is 10.6 Å². The van der Waals surface area contributed by atoms with E-state index in [0.717, 1.165) is 32.1 Å². The van der Waals surface area contributed by atoms with Crippen LogP contribution in [-0.4, -0.2) is 12.0 Å². The maximum absolute atomic E-state index is 12.6. The topological polar surface area (TPSA) is 55.1 Å². The zero-order valence-corrected chi connectivity index (χ0v) is 14.8. The highest BCUT2D eigenvalue weighted by Crippen LogP contribution is 2.31. The second-order valence-electron chi connectivity index (χ2n) is 6.14. The molecule has 26 heavy (non-hydrogen) atoms. The number of nitrogens with zero attached hydrogens (tertiary/aromatic N) is 1. The van der Waals surface area contributed by atoms with E-state index < -0.39 is 0 Å². The van der Waals surface area contributed by atoms with Crippen LogP contribution in [0.25, 0.3) is 42.5 Å². The van der Waals surface area contributed by atoms with Gasteiger partial charge in [-0.25, -0.2) is 9.78 Å². The van der Waals surface area contributed by atoms with Crippen molar-refractivity contribution in [3.8, 4) is 10.6 Å². The average Bonchev–Trinajstić information content (AvgIpc) is 3.09. The highest BCUT2D eigenvalue weighted by Gasteiger charge is 2.13. The number of aromatic nitrogens is 1. The quantitative estimate of drug-likeness (QED) is 0.345. The molecule has 0 bridgehead atoms. The molecule has 1 N–H and O–H groups in total. The molecular weight excluding hydrogens is 344 g/mol. The fraction of sp³-hybridized carbons (Fsp3) is 0.0476. The Balaban J connectivity index is 1.74. The average molecular weight is 358 g/mol. The van der Waals surface area contributed by atoms with Crippen molar-refractivity contribution in [1.82, 2.24) is 4.98 Å². The molecule has 0 unspecified atom stereocenters. The van der Waals surface area contributed by atoms with E-state index in [1.54, 1.807) is 0 Å². The molecule has 5 rings (SSSR count). The molecule has 5 heteroatoms. The van der Waals surface area contributed by atoms with E-state index in [2.05, 4.69) is 16.4 Å². The van der Waals surface area contributed by atoms with Gasteiger partial charge in [0.05, 0.1) is 15.8 Å². The number of thiazole rings is 1. The maximum atomic E-state index is 12.6. The summed E-state index contributed by atoms with van der Waals surface area (Å²) in [7, 11) is 1.88. The van der Waals surface area contributed by atoms with E-state index in [-0.39, 0.29) is 5.63 Å². The predicted molar refractivity (Wildman–Crippen MR) is 108 cm³/mol. The standard InChI is InChI=1S/C21H14N2O2S/c1-22-15-7-6-12-8-14-10-16(21(24)25-18(14)11-13(12)9-15)20-23-17-4-2-3-5-19(17)26-20/h2-11,22H,1H3. The van der Waals surface area contributed by atoms with Crippen LogP contribution in [0.5, 0.6) is 0 Å². The van der Waals surface area contributed by atoms with Crippen LogP contribution in [-0.2, 0) is 0 Å². The molecular formula is C21H14N2O2S. The lowest BCUT2D eigenvalue weighted by Gasteiger charge is -2.05. The second-order valence-corrected chi connectivity index (χ2v) is 7.17. The molecule has 2 aromatic heterocycles. The summed E-state index contributed by atoms with van der Waals surface area (Å²) in [6, 6.07) is 19.8. The van der Waals surface area contributed by atoms with Crippen molar-refractivity contribution >= 4 is 49.0 Å². The Labute approximate surface area is 152 Å². The third-order valence-corrected chi connectivity index (χ3v) is 5.57. The first-order valence-corrected chi connectivity index (χ1v) is 9.08. The van der Waals surface area contributed by atoms with Crippen LogP contribution in [0, 0.1) is 0 Å². The van der Waals surface area contributed by atoms with Gasteiger partial charge in [0.15, 0.2) is 0 Å². The minimum atomic E-state index is -0.360. The molecule has 4 nitrogen and oxygen atoms in total. The molecule has 0 atom stereocenters. The number of anilines is 1. The van der Waals surface area contributed by atoms with Gasteiger partial charge in [0.25, 0.3) is 0 Å². The maximum Gasteiger partial charge on any atom is 0.346 e. The van der Waals surface area contributed by atoms with Gasteiger partial charge in [0, 0.05) is 18.1 Å². The largest absolute Gasteiger partial charge is 0.422 e. The lowest BCUT2D eigenvalue weighted by atomic mass is 10.1. The number of rotatable bonds is 2. The Morgan fingerprint density at radius 3 is 2.69 bits per heavy atom. The summed E-state index contributed by atoms with van der Waals surface area (Å²) < 4.78 is 6.67. The van der Waals surface area contributed by atoms with E-state index in [9.17, 15) is 4.79 Å². The fourth-order valence-electron chi connectivity index (χ4n) is 3.16. The Kier molecular flexibility index (Phi) is 3.30. The van der Waals surface area contributed by atoms with Gasteiger partial charge in [-0.2, -0.15) is 0 Å². The van der Waals surface area contributed by atoms with E-state index in [4.69, 9.17) is 4.42 Å². The van der Waals surface area contributed by atoms with Gasteiger partial charge < -0.3 is 9.73 Å². The van der Waals surface area contributed by atoms with Crippen LogP contribution in [0.4, 0.5) is 5.69 Å². The summed E-state index contributed by atoms with van der Waals surface area (Å²) in [6.07, 6.45) is 0. The minimum Gasteiger partial charge on any atom is -0.422 e. The van der Waals surface area contributed by atoms with Gasteiger partial charge in [-0.1, -0.05) is 18.2 Å². The van der Waals surface area contributed by atoms with Crippen LogP contribution in [0.2, 0.25) is 0 Å². The van der Waals surface area contributed by atoms with Crippen LogP contribution in [0.15, 0.2) is 69.9 Å². The number of para-hydroxylation sites is 1. The molecule has 126 valence electrons. The van der Waals surface area contributed by atoms with E-state index >= 15 is 0 Å². The van der Waals surface area contributed by atoms with Crippen molar-refractivity contribution in [1.29, 1.82) is 0 Å². The first-order valence-electron chi connectivity index (χ1n) is 8.27. The summed E-state index contributed by atoms with van der Waals surface area (Å²) in [6.45, 7) is 0. The van der Waals surface area contributed by atoms with Crippen molar-refractivity contribution in [2.45, 2.75) is 0 Å². The zero-order chi connectivity index (χ0) is 17.7. The SMILES string of the molecule is CNc1ccc2cc3cc(-c4nc5ccccc5s4)c(=O)oc3cc2c1. The molecule has 0 saturated heterocycles. The van der Waals surface area contributed by atoms with Crippen molar-refractivity contribution in [2.75, 3.05) is 12.4 Å². The number of nitrogens with one attached hydrogen (secondary N) is 1. The highest BCUT2D eigenvalue weighted by molar-refractivity contribution is 7.21. The number of fused-ring (bicyclic) bond motifs is 3.